The van der Waals surface area contributed by atoms with E-state index in [0.717, 1.165) is 10.8 Å². The van der Waals surface area contributed by atoms with Crippen molar-refractivity contribution in [3.05, 3.63) is 41.6 Å². The van der Waals surface area contributed by atoms with E-state index in [4.69, 9.17) is 4.74 Å². The molecule has 1 aliphatic rings. The quantitative estimate of drug-likeness (QED) is 0.856. The van der Waals surface area contributed by atoms with Crippen LogP contribution >= 0.6 is 11.8 Å². The molecule has 1 N–H and O–H groups in total. The Bertz CT molecular complexity index is 535. The smallest absolute Gasteiger partial charge is 0.118 e. The van der Waals surface area contributed by atoms with E-state index in [1.165, 1.54) is 17.7 Å². The number of methoxy groups -OCH3 is 1. The minimum absolute atomic E-state index is 0.604. The predicted octanol–water partition coefficient (Wildman–Crippen LogP) is 3.41. The third-order valence-electron chi connectivity index (χ3n) is 3.52. The first-order valence-electron chi connectivity index (χ1n) is 6.05. The van der Waals surface area contributed by atoms with Gasteiger partial charge >= 0.3 is 0 Å². The number of aromatic nitrogens is 2. The summed E-state index contributed by atoms with van der Waals surface area (Å²) < 4.78 is 5.18. The molecule has 0 radical (unpaired) electrons. The Balaban J connectivity index is 1.72. The zero-order chi connectivity index (χ0) is 12.5. The number of nitrogens with zero attached hydrogens (tertiary/aromatic N) is 1. The molecule has 4 heteroatoms. The Morgan fingerprint density at radius 1 is 1.28 bits per heavy atom. The Morgan fingerprint density at radius 3 is 2.67 bits per heavy atom. The van der Waals surface area contributed by atoms with Gasteiger partial charge in [0, 0.05) is 11.6 Å². The van der Waals surface area contributed by atoms with Crippen LogP contribution in [0.15, 0.2) is 35.4 Å². The zero-order valence-electron chi connectivity index (χ0n) is 10.5. The van der Waals surface area contributed by atoms with Gasteiger partial charge in [0.25, 0.3) is 0 Å². The molecule has 1 heterocycles. The number of hydrogen-bond acceptors (Lipinski definition) is 3. The molecule has 0 aliphatic heterocycles. The van der Waals surface area contributed by atoms with Crippen molar-refractivity contribution in [2.75, 3.05) is 13.4 Å². The van der Waals surface area contributed by atoms with Gasteiger partial charge in [-0.1, -0.05) is 12.1 Å². The maximum Gasteiger partial charge on any atom is 0.118 e. The van der Waals surface area contributed by atoms with Gasteiger partial charge < -0.3 is 4.74 Å². The van der Waals surface area contributed by atoms with Gasteiger partial charge in [0.2, 0.25) is 0 Å². The second-order valence-corrected chi connectivity index (χ2v) is 5.41. The first kappa shape index (κ1) is 11.7. The largest absolute Gasteiger partial charge is 0.497 e. The van der Waals surface area contributed by atoms with Crippen LogP contribution in [-0.4, -0.2) is 23.6 Å². The van der Waals surface area contributed by atoms with E-state index in [0.29, 0.717) is 11.8 Å². The molecule has 0 spiro atoms. The number of ether oxygens (including phenoxy) is 1. The Kier molecular flexibility index (Phi) is 3.04. The van der Waals surface area contributed by atoms with Crippen LogP contribution in [0, 0.1) is 0 Å². The summed E-state index contributed by atoms with van der Waals surface area (Å²) in [5.74, 6) is 2.15. The van der Waals surface area contributed by atoms with Crippen molar-refractivity contribution in [1.29, 1.82) is 0 Å². The highest BCUT2D eigenvalue weighted by atomic mass is 32.2. The van der Waals surface area contributed by atoms with E-state index in [1.807, 2.05) is 18.4 Å². The van der Waals surface area contributed by atoms with Crippen LogP contribution in [0.5, 0.6) is 5.75 Å². The topological polar surface area (TPSA) is 37.9 Å². The molecule has 0 saturated heterocycles. The third-order valence-corrected chi connectivity index (χ3v) is 4.14. The molecule has 2 unspecified atom stereocenters. The Morgan fingerprint density at radius 2 is 2.06 bits per heavy atom. The van der Waals surface area contributed by atoms with E-state index in [9.17, 15) is 0 Å². The van der Waals surface area contributed by atoms with Crippen LogP contribution in [0.4, 0.5) is 0 Å². The molecule has 3 rings (SSSR count). The van der Waals surface area contributed by atoms with Gasteiger partial charge in [0.15, 0.2) is 0 Å². The number of H-pyrrole nitrogens is 1. The average molecular weight is 260 g/mol. The minimum atomic E-state index is 0.604. The van der Waals surface area contributed by atoms with Crippen molar-refractivity contribution >= 4 is 11.8 Å². The van der Waals surface area contributed by atoms with E-state index < -0.39 is 0 Å². The number of benzene rings is 1. The lowest BCUT2D eigenvalue weighted by Gasteiger charge is -2.02. The van der Waals surface area contributed by atoms with Crippen LogP contribution in [0.2, 0.25) is 0 Å². The molecule has 0 amide bonds. The first-order valence-corrected chi connectivity index (χ1v) is 7.27. The molecule has 1 aliphatic carbocycles. The first-order chi connectivity index (χ1) is 8.81. The van der Waals surface area contributed by atoms with E-state index in [1.54, 1.807) is 18.9 Å². The molecule has 3 nitrogen and oxygen atoms in total. The van der Waals surface area contributed by atoms with E-state index >= 15 is 0 Å². The van der Waals surface area contributed by atoms with Crippen LogP contribution in [0.25, 0.3) is 0 Å². The van der Waals surface area contributed by atoms with Gasteiger partial charge in [-0.15, -0.1) is 11.8 Å². The monoisotopic (exact) mass is 260 g/mol. The lowest BCUT2D eigenvalue weighted by Crippen LogP contribution is -1.86. The third kappa shape index (κ3) is 2.12. The lowest BCUT2D eigenvalue weighted by atomic mass is 10.1. The van der Waals surface area contributed by atoms with Crippen molar-refractivity contribution in [2.24, 2.45) is 0 Å². The van der Waals surface area contributed by atoms with Gasteiger partial charge in [-0.3, -0.25) is 5.10 Å². The second-order valence-electron chi connectivity index (χ2n) is 4.59. The molecule has 1 saturated carbocycles. The average Bonchev–Trinajstić information content (AvgIpc) is 3.08. The second kappa shape index (κ2) is 4.69. The highest BCUT2D eigenvalue weighted by molar-refractivity contribution is 7.98. The number of nitrogens with one attached hydrogen (secondary N) is 1. The maximum absolute atomic E-state index is 5.18. The van der Waals surface area contributed by atoms with Crippen molar-refractivity contribution in [3.8, 4) is 5.75 Å². The van der Waals surface area contributed by atoms with E-state index in [2.05, 4.69) is 28.4 Å². The summed E-state index contributed by atoms with van der Waals surface area (Å²) in [6.45, 7) is 0. The summed E-state index contributed by atoms with van der Waals surface area (Å²) >= 11 is 1.68. The number of hydrogen-bond donors (Lipinski definition) is 1. The van der Waals surface area contributed by atoms with Crippen molar-refractivity contribution < 1.29 is 4.74 Å². The summed E-state index contributed by atoms with van der Waals surface area (Å²) in [4.78, 5) is 0. The Hall–Kier alpha value is -1.42. The van der Waals surface area contributed by atoms with Crippen molar-refractivity contribution in [3.63, 3.8) is 0 Å². The normalized spacial score (nSPS) is 21.9. The Labute approximate surface area is 111 Å². The van der Waals surface area contributed by atoms with Crippen LogP contribution in [0.1, 0.15) is 29.5 Å². The SMILES string of the molecule is COc1ccc(C2CC2c2cc(SC)n[nH]2)cc1. The fraction of sp³-hybridized carbons (Fsp3) is 0.357. The van der Waals surface area contributed by atoms with Gasteiger partial charge in [-0.25, -0.2) is 0 Å². The molecule has 1 aromatic carbocycles. The van der Waals surface area contributed by atoms with Crippen LogP contribution < -0.4 is 4.74 Å². The summed E-state index contributed by atoms with van der Waals surface area (Å²) in [5.41, 5.74) is 2.65. The summed E-state index contributed by atoms with van der Waals surface area (Å²) in [5, 5.41) is 8.49. The molecule has 1 aromatic heterocycles. The van der Waals surface area contributed by atoms with Crippen LogP contribution in [0.3, 0.4) is 0 Å². The minimum Gasteiger partial charge on any atom is -0.497 e. The highest BCUT2D eigenvalue weighted by Gasteiger charge is 2.40. The molecular weight excluding hydrogens is 244 g/mol. The number of thioether (sulfide) groups is 1. The van der Waals surface area contributed by atoms with Gasteiger partial charge in [0.05, 0.1) is 7.11 Å². The number of aromatic amines is 1. The zero-order valence-corrected chi connectivity index (χ0v) is 11.3. The van der Waals surface area contributed by atoms with Gasteiger partial charge in [-0.2, -0.15) is 5.10 Å². The van der Waals surface area contributed by atoms with Crippen LogP contribution in [-0.2, 0) is 0 Å². The number of rotatable bonds is 4. The lowest BCUT2D eigenvalue weighted by molar-refractivity contribution is 0.414. The molecule has 2 atom stereocenters. The molecular formula is C14H16N2OS. The van der Waals surface area contributed by atoms with Gasteiger partial charge in [0.1, 0.15) is 10.8 Å². The van der Waals surface area contributed by atoms with E-state index in [-0.39, 0.29) is 0 Å². The molecule has 1 fully saturated rings. The highest BCUT2D eigenvalue weighted by Crippen LogP contribution is 2.54. The molecule has 94 valence electrons. The maximum atomic E-state index is 5.18. The molecule has 18 heavy (non-hydrogen) atoms. The summed E-state index contributed by atoms with van der Waals surface area (Å²) in [6, 6.07) is 10.6. The fourth-order valence-corrected chi connectivity index (χ4v) is 2.75. The molecule has 2 aromatic rings. The fourth-order valence-electron chi connectivity index (χ4n) is 2.37. The summed E-state index contributed by atoms with van der Waals surface area (Å²) in [7, 11) is 1.70. The van der Waals surface area contributed by atoms with Crippen molar-refractivity contribution in [1.82, 2.24) is 10.2 Å². The van der Waals surface area contributed by atoms with Gasteiger partial charge in [-0.05, 0) is 42.4 Å². The van der Waals surface area contributed by atoms with Crippen molar-refractivity contribution in [2.45, 2.75) is 23.3 Å². The predicted molar refractivity (Wildman–Crippen MR) is 73.5 cm³/mol. The molecule has 0 bridgehead atoms. The summed E-state index contributed by atoms with van der Waals surface area (Å²) in [6.07, 6.45) is 3.26. The standard InChI is InChI=1S/C14H16N2OS/c1-17-10-5-3-9(4-6-10)11-7-12(11)13-8-14(18-2)16-15-13/h3-6,8,11-12H,7H2,1-2H3,(H,15,16).